The Bertz CT molecular complexity index is 1040. The number of rotatable bonds is 6. The van der Waals surface area contributed by atoms with Crippen LogP contribution < -0.4 is 10.1 Å². The lowest BCUT2D eigenvalue weighted by atomic mass is 10.1. The number of carbonyl (C=O) groups is 2. The minimum atomic E-state index is -0.466. The van der Waals surface area contributed by atoms with Crippen LogP contribution in [0.5, 0.6) is 11.5 Å². The molecule has 1 N–H and O–H groups in total. The van der Waals surface area contributed by atoms with Gasteiger partial charge in [0, 0.05) is 12.2 Å². The lowest BCUT2D eigenvalue weighted by Gasteiger charge is -2.24. The molecule has 1 aliphatic rings. The van der Waals surface area contributed by atoms with Gasteiger partial charge in [-0.15, -0.1) is 0 Å². The van der Waals surface area contributed by atoms with Crippen molar-refractivity contribution in [3.8, 4) is 11.5 Å². The molecule has 1 heterocycles. The summed E-state index contributed by atoms with van der Waals surface area (Å²) in [6.07, 6.45) is 1.75. The first kappa shape index (κ1) is 20.6. The summed E-state index contributed by atoms with van der Waals surface area (Å²) in [5.74, 6) is 0.550. The smallest absolute Gasteiger partial charge is 0.247 e. The minimum absolute atomic E-state index is 0.0353. The van der Waals surface area contributed by atoms with E-state index >= 15 is 0 Å². The van der Waals surface area contributed by atoms with Crippen molar-refractivity contribution in [2.75, 3.05) is 11.9 Å². The SMILES string of the molecule is O=C(Nc1ccc(Oc2ccc(F)cc2)cc1)C1CCCN1C(=O)Cc1ccccc1. The Balaban J connectivity index is 1.35. The number of carbonyl (C=O) groups excluding carboxylic acids is 2. The number of likely N-dealkylation sites (tertiary alicyclic amines) is 1. The first-order valence-electron chi connectivity index (χ1n) is 10.3. The van der Waals surface area contributed by atoms with Crippen LogP contribution in [0.15, 0.2) is 78.9 Å². The van der Waals surface area contributed by atoms with Crippen molar-refractivity contribution >= 4 is 17.5 Å². The number of ether oxygens (including phenoxy) is 1. The van der Waals surface area contributed by atoms with E-state index in [4.69, 9.17) is 4.74 Å². The van der Waals surface area contributed by atoms with E-state index in [-0.39, 0.29) is 17.6 Å². The Hall–Kier alpha value is -3.67. The zero-order valence-electron chi connectivity index (χ0n) is 17.0. The standard InChI is InChI=1S/C25H23FN2O3/c26-19-8-12-21(13-9-19)31-22-14-10-20(11-15-22)27-25(30)23-7-4-16-28(23)24(29)17-18-5-2-1-3-6-18/h1-3,5-6,8-15,23H,4,7,16-17H2,(H,27,30). The summed E-state index contributed by atoms with van der Waals surface area (Å²) < 4.78 is 18.7. The van der Waals surface area contributed by atoms with Crippen LogP contribution in [-0.2, 0) is 16.0 Å². The van der Waals surface area contributed by atoms with Gasteiger partial charge >= 0.3 is 0 Å². The van der Waals surface area contributed by atoms with Crippen molar-refractivity contribution in [2.45, 2.75) is 25.3 Å². The lowest BCUT2D eigenvalue weighted by Crippen LogP contribution is -2.43. The summed E-state index contributed by atoms with van der Waals surface area (Å²) in [6, 6.07) is 21.8. The molecule has 1 unspecified atom stereocenters. The quantitative estimate of drug-likeness (QED) is 0.626. The van der Waals surface area contributed by atoms with Crippen LogP contribution in [-0.4, -0.2) is 29.3 Å². The third-order valence-electron chi connectivity index (χ3n) is 5.25. The van der Waals surface area contributed by atoms with Gasteiger partial charge in [-0.25, -0.2) is 4.39 Å². The lowest BCUT2D eigenvalue weighted by molar-refractivity contribution is -0.136. The molecular weight excluding hydrogens is 395 g/mol. The highest BCUT2D eigenvalue weighted by Gasteiger charge is 2.33. The fourth-order valence-corrected chi connectivity index (χ4v) is 3.68. The predicted molar refractivity (Wildman–Crippen MR) is 116 cm³/mol. The third-order valence-corrected chi connectivity index (χ3v) is 5.25. The van der Waals surface area contributed by atoms with Gasteiger partial charge in [-0.1, -0.05) is 30.3 Å². The fourth-order valence-electron chi connectivity index (χ4n) is 3.68. The molecule has 1 saturated heterocycles. The average molecular weight is 418 g/mol. The van der Waals surface area contributed by atoms with Crippen molar-refractivity contribution in [3.05, 3.63) is 90.2 Å². The van der Waals surface area contributed by atoms with Gasteiger partial charge in [0.25, 0.3) is 0 Å². The number of nitrogens with one attached hydrogen (secondary N) is 1. The van der Waals surface area contributed by atoms with E-state index in [9.17, 15) is 14.0 Å². The Morgan fingerprint density at radius 1 is 0.935 bits per heavy atom. The van der Waals surface area contributed by atoms with Gasteiger partial charge in [0.15, 0.2) is 0 Å². The van der Waals surface area contributed by atoms with E-state index in [2.05, 4.69) is 5.32 Å². The molecule has 0 radical (unpaired) electrons. The van der Waals surface area contributed by atoms with Crippen LogP contribution in [0.25, 0.3) is 0 Å². The van der Waals surface area contributed by atoms with Crippen LogP contribution in [0.2, 0.25) is 0 Å². The first-order chi connectivity index (χ1) is 15.1. The Kier molecular flexibility index (Phi) is 6.26. The number of anilines is 1. The predicted octanol–water partition coefficient (Wildman–Crippen LogP) is 4.79. The summed E-state index contributed by atoms with van der Waals surface area (Å²) in [7, 11) is 0. The van der Waals surface area contributed by atoms with Crippen LogP contribution in [0.1, 0.15) is 18.4 Å². The Morgan fingerprint density at radius 2 is 1.58 bits per heavy atom. The van der Waals surface area contributed by atoms with E-state index in [0.29, 0.717) is 36.6 Å². The van der Waals surface area contributed by atoms with Gasteiger partial charge in [-0.2, -0.15) is 0 Å². The summed E-state index contributed by atoms with van der Waals surface area (Å²) in [6.45, 7) is 0.591. The minimum Gasteiger partial charge on any atom is -0.457 e. The topological polar surface area (TPSA) is 58.6 Å². The second-order valence-corrected chi connectivity index (χ2v) is 7.48. The van der Waals surface area contributed by atoms with E-state index in [0.717, 1.165) is 12.0 Å². The maximum atomic E-state index is 13.0. The molecule has 4 rings (SSSR count). The van der Waals surface area contributed by atoms with Gasteiger partial charge in [0.2, 0.25) is 11.8 Å². The summed E-state index contributed by atoms with van der Waals surface area (Å²) in [5.41, 5.74) is 1.56. The van der Waals surface area contributed by atoms with Crippen LogP contribution in [0.4, 0.5) is 10.1 Å². The van der Waals surface area contributed by atoms with Crippen molar-refractivity contribution in [1.82, 2.24) is 4.90 Å². The molecule has 3 aromatic carbocycles. The zero-order valence-corrected chi connectivity index (χ0v) is 17.0. The molecule has 3 aromatic rings. The molecular formula is C25H23FN2O3. The number of amides is 2. The van der Waals surface area contributed by atoms with E-state index in [1.54, 1.807) is 41.3 Å². The maximum absolute atomic E-state index is 13.0. The molecule has 1 aliphatic heterocycles. The largest absolute Gasteiger partial charge is 0.457 e. The molecule has 0 spiro atoms. The van der Waals surface area contributed by atoms with Gasteiger partial charge in [-0.3, -0.25) is 9.59 Å². The Morgan fingerprint density at radius 3 is 2.26 bits per heavy atom. The molecule has 5 nitrogen and oxygen atoms in total. The van der Waals surface area contributed by atoms with E-state index in [1.165, 1.54) is 12.1 Å². The second-order valence-electron chi connectivity index (χ2n) is 7.48. The van der Waals surface area contributed by atoms with Crippen LogP contribution in [0.3, 0.4) is 0 Å². The summed E-state index contributed by atoms with van der Waals surface area (Å²) in [5, 5.41) is 2.89. The van der Waals surface area contributed by atoms with Crippen molar-refractivity contribution in [2.24, 2.45) is 0 Å². The van der Waals surface area contributed by atoms with Gasteiger partial charge in [0.1, 0.15) is 23.4 Å². The van der Waals surface area contributed by atoms with Gasteiger partial charge in [-0.05, 0) is 66.9 Å². The average Bonchev–Trinajstić information content (AvgIpc) is 3.28. The molecule has 0 bridgehead atoms. The van der Waals surface area contributed by atoms with Crippen molar-refractivity contribution < 1.29 is 18.7 Å². The third kappa shape index (κ3) is 5.28. The van der Waals surface area contributed by atoms with Crippen LogP contribution >= 0.6 is 0 Å². The summed E-state index contributed by atoms with van der Waals surface area (Å²) >= 11 is 0. The number of halogens is 1. The number of hydrogen-bond donors (Lipinski definition) is 1. The highest BCUT2D eigenvalue weighted by molar-refractivity contribution is 5.97. The molecule has 0 saturated carbocycles. The molecule has 1 atom stereocenters. The van der Waals surface area contributed by atoms with Crippen LogP contribution in [0, 0.1) is 5.82 Å². The fraction of sp³-hybridized carbons (Fsp3) is 0.200. The van der Waals surface area contributed by atoms with Gasteiger partial charge < -0.3 is 15.0 Å². The van der Waals surface area contributed by atoms with E-state index in [1.807, 2.05) is 30.3 Å². The summed E-state index contributed by atoms with van der Waals surface area (Å²) in [4.78, 5) is 27.2. The monoisotopic (exact) mass is 418 g/mol. The molecule has 158 valence electrons. The molecule has 0 aromatic heterocycles. The van der Waals surface area contributed by atoms with Gasteiger partial charge in [0.05, 0.1) is 6.42 Å². The zero-order chi connectivity index (χ0) is 21.6. The highest BCUT2D eigenvalue weighted by Crippen LogP contribution is 2.25. The molecule has 31 heavy (non-hydrogen) atoms. The highest BCUT2D eigenvalue weighted by atomic mass is 19.1. The Labute approximate surface area is 180 Å². The van der Waals surface area contributed by atoms with E-state index < -0.39 is 6.04 Å². The molecule has 1 fully saturated rings. The van der Waals surface area contributed by atoms with Crippen molar-refractivity contribution in [1.29, 1.82) is 0 Å². The second kappa shape index (κ2) is 9.43. The number of nitrogens with zero attached hydrogens (tertiary/aromatic N) is 1. The normalized spacial score (nSPS) is 15.5. The first-order valence-corrected chi connectivity index (χ1v) is 10.3. The molecule has 2 amide bonds. The maximum Gasteiger partial charge on any atom is 0.247 e. The number of benzene rings is 3. The van der Waals surface area contributed by atoms with Crippen molar-refractivity contribution in [3.63, 3.8) is 0 Å². The molecule has 6 heteroatoms. The molecule has 0 aliphatic carbocycles. The number of hydrogen-bond acceptors (Lipinski definition) is 3.